The van der Waals surface area contributed by atoms with Crippen molar-refractivity contribution in [3.63, 3.8) is 0 Å². The van der Waals surface area contributed by atoms with Crippen LogP contribution in [0.5, 0.6) is 0 Å². The maximum Gasteiger partial charge on any atom is 0.301 e. The van der Waals surface area contributed by atoms with Gasteiger partial charge in [0.1, 0.15) is 12.0 Å². The summed E-state index contributed by atoms with van der Waals surface area (Å²) in [6, 6.07) is 9.82. The summed E-state index contributed by atoms with van der Waals surface area (Å²) >= 11 is 0. The summed E-state index contributed by atoms with van der Waals surface area (Å²) in [6.07, 6.45) is 3.60. The fourth-order valence-electron chi connectivity index (χ4n) is 2.92. The molecule has 1 N–H and O–H groups in total. The first kappa shape index (κ1) is 16.2. The van der Waals surface area contributed by atoms with E-state index < -0.39 is 0 Å². The third-order valence-electron chi connectivity index (χ3n) is 4.25. The Kier molecular flexibility index (Phi) is 4.93. The van der Waals surface area contributed by atoms with Crippen LogP contribution in [0.3, 0.4) is 0 Å². The number of nitrogens with one attached hydrogen (secondary N) is 1. The summed E-state index contributed by atoms with van der Waals surface area (Å²) in [6.45, 7) is 3.03. The minimum Gasteiger partial charge on any atom is -0.431 e. The van der Waals surface area contributed by atoms with Crippen LogP contribution in [0.2, 0.25) is 0 Å². The van der Waals surface area contributed by atoms with Crippen LogP contribution in [0.1, 0.15) is 26.2 Å². The summed E-state index contributed by atoms with van der Waals surface area (Å²) < 4.78 is 5.35. The van der Waals surface area contributed by atoms with E-state index in [0.29, 0.717) is 18.7 Å². The number of rotatable bonds is 4. The molecule has 2 amide bonds. The number of hydrogen-bond donors (Lipinski definition) is 1. The summed E-state index contributed by atoms with van der Waals surface area (Å²) in [4.78, 5) is 30.3. The maximum atomic E-state index is 12.4. The fourth-order valence-corrected chi connectivity index (χ4v) is 2.92. The molecular weight excluding hydrogens is 306 g/mol. The molecular formula is C18H21N3O3. The van der Waals surface area contributed by atoms with Crippen molar-refractivity contribution in [2.75, 3.05) is 18.4 Å². The molecule has 1 unspecified atom stereocenters. The number of carbonyl (C=O) groups excluding carboxylic acids is 2. The van der Waals surface area contributed by atoms with Gasteiger partial charge < -0.3 is 9.32 Å². The van der Waals surface area contributed by atoms with Crippen LogP contribution in [-0.2, 0) is 9.59 Å². The molecule has 1 saturated heterocycles. The zero-order valence-electron chi connectivity index (χ0n) is 13.7. The number of aromatic nitrogens is 1. The highest BCUT2D eigenvalue weighted by atomic mass is 16.4. The van der Waals surface area contributed by atoms with Gasteiger partial charge in [-0.1, -0.05) is 37.3 Å². The van der Waals surface area contributed by atoms with Gasteiger partial charge in [-0.2, -0.15) is 4.98 Å². The highest BCUT2D eigenvalue weighted by Crippen LogP contribution is 2.22. The third-order valence-corrected chi connectivity index (χ3v) is 4.25. The van der Waals surface area contributed by atoms with Crippen molar-refractivity contribution in [3.05, 3.63) is 36.6 Å². The molecule has 0 bridgehead atoms. The molecule has 0 radical (unpaired) electrons. The van der Waals surface area contributed by atoms with Gasteiger partial charge in [-0.3, -0.25) is 14.9 Å². The molecule has 1 aliphatic rings. The molecule has 0 spiro atoms. The van der Waals surface area contributed by atoms with Crippen molar-refractivity contribution in [3.8, 4) is 11.3 Å². The highest BCUT2D eigenvalue weighted by Gasteiger charge is 2.28. The normalized spacial score (nSPS) is 17.5. The minimum atomic E-state index is -0.221. The smallest absolute Gasteiger partial charge is 0.301 e. The predicted octanol–water partition coefficient (Wildman–Crippen LogP) is 2.93. The Morgan fingerprint density at radius 3 is 2.88 bits per heavy atom. The standard InChI is InChI=1S/C18H21N3O3/c1-2-16(22)21-10-6-9-14(11-21)17(23)20-18-19-15(12-24-18)13-7-4-3-5-8-13/h3-5,7-8,12,14H,2,6,9-11H2,1H3,(H,19,20,23). The van der Waals surface area contributed by atoms with E-state index in [9.17, 15) is 9.59 Å². The molecule has 2 aromatic rings. The van der Waals surface area contributed by atoms with Crippen LogP contribution in [0.15, 0.2) is 41.0 Å². The second-order valence-electron chi connectivity index (χ2n) is 5.93. The van der Waals surface area contributed by atoms with E-state index in [-0.39, 0.29) is 23.7 Å². The molecule has 0 saturated carbocycles. The SMILES string of the molecule is CCC(=O)N1CCCC(C(=O)Nc2nc(-c3ccccc3)co2)C1. The molecule has 6 nitrogen and oxygen atoms in total. The van der Waals surface area contributed by atoms with Gasteiger partial charge in [0.05, 0.1) is 5.92 Å². The van der Waals surface area contributed by atoms with E-state index in [1.807, 2.05) is 37.3 Å². The van der Waals surface area contributed by atoms with Gasteiger partial charge in [0.25, 0.3) is 0 Å². The van der Waals surface area contributed by atoms with Crippen molar-refractivity contribution < 1.29 is 14.0 Å². The number of piperidine rings is 1. The first-order chi connectivity index (χ1) is 11.7. The quantitative estimate of drug-likeness (QED) is 0.937. The Morgan fingerprint density at radius 2 is 2.12 bits per heavy atom. The van der Waals surface area contributed by atoms with Gasteiger partial charge in [-0.05, 0) is 12.8 Å². The number of nitrogens with zero attached hydrogens (tertiary/aromatic N) is 2. The summed E-state index contributed by atoms with van der Waals surface area (Å²) in [7, 11) is 0. The molecule has 3 rings (SSSR count). The molecule has 0 aliphatic carbocycles. The lowest BCUT2D eigenvalue weighted by molar-refractivity contribution is -0.134. The average molecular weight is 327 g/mol. The van der Waals surface area contributed by atoms with Gasteiger partial charge in [-0.25, -0.2) is 0 Å². The van der Waals surface area contributed by atoms with Crippen molar-refractivity contribution in [2.24, 2.45) is 5.92 Å². The summed E-state index contributed by atoms with van der Waals surface area (Å²) in [5, 5.41) is 2.72. The van der Waals surface area contributed by atoms with E-state index in [1.165, 1.54) is 6.26 Å². The van der Waals surface area contributed by atoms with Gasteiger partial charge >= 0.3 is 6.01 Å². The molecule has 24 heavy (non-hydrogen) atoms. The Balaban J connectivity index is 1.63. The topological polar surface area (TPSA) is 75.4 Å². The van der Waals surface area contributed by atoms with E-state index >= 15 is 0 Å². The zero-order chi connectivity index (χ0) is 16.9. The zero-order valence-corrected chi connectivity index (χ0v) is 13.7. The van der Waals surface area contributed by atoms with Crippen LogP contribution < -0.4 is 5.32 Å². The van der Waals surface area contributed by atoms with Crippen LogP contribution >= 0.6 is 0 Å². The largest absolute Gasteiger partial charge is 0.431 e. The first-order valence-electron chi connectivity index (χ1n) is 8.27. The predicted molar refractivity (Wildman–Crippen MR) is 90.2 cm³/mol. The molecule has 126 valence electrons. The number of amides is 2. The Labute approximate surface area is 140 Å². The lowest BCUT2D eigenvalue weighted by Gasteiger charge is -2.31. The second kappa shape index (κ2) is 7.29. The number of likely N-dealkylation sites (tertiary alicyclic amines) is 1. The molecule has 6 heteroatoms. The monoisotopic (exact) mass is 327 g/mol. The molecule has 1 aromatic heterocycles. The molecule has 1 atom stereocenters. The van der Waals surface area contributed by atoms with Gasteiger partial charge in [0, 0.05) is 25.1 Å². The van der Waals surface area contributed by atoms with E-state index in [4.69, 9.17) is 4.42 Å². The molecule has 1 aliphatic heterocycles. The molecule has 1 aromatic carbocycles. The second-order valence-corrected chi connectivity index (χ2v) is 5.93. The van der Waals surface area contributed by atoms with E-state index in [0.717, 1.165) is 24.9 Å². The number of carbonyl (C=O) groups is 2. The third kappa shape index (κ3) is 3.64. The first-order valence-corrected chi connectivity index (χ1v) is 8.27. The lowest BCUT2D eigenvalue weighted by Crippen LogP contribution is -2.43. The lowest BCUT2D eigenvalue weighted by atomic mass is 9.97. The Bertz CT molecular complexity index is 711. The van der Waals surface area contributed by atoms with Crippen molar-refractivity contribution >= 4 is 17.8 Å². The summed E-state index contributed by atoms with van der Waals surface area (Å²) in [5.41, 5.74) is 1.61. The summed E-state index contributed by atoms with van der Waals surface area (Å²) in [5.74, 6) is -0.277. The Hall–Kier alpha value is -2.63. The minimum absolute atomic E-state index is 0.0926. The van der Waals surface area contributed by atoms with Gasteiger partial charge in [0.2, 0.25) is 11.8 Å². The van der Waals surface area contributed by atoms with Crippen LogP contribution in [0.4, 0.5) is 6.01 Å². The van der Waals surface area contributed by atoms with Crippen LogP contribution in [0, 0.1) is 5.92 Å². The molecule has 1 fully saturated rings. The Morgan fingerprint density at radius 1 is 1.33 bits per heavy atom. The van der Waals surface area contributed by atoms with Crippen molar-refractivity contribution in [1.29, 1.82) is 0 Å². The number of benzene rings is 1. The number of hydrogen-bond acceptors (Lipinski definition) is 4. The van der Waals surface area contributed by atoms with Crippen molar-refractivity contribution in [2.45, 2.75) is 26.2 Å². The average Bonchev–Trinajstić information content (AvgIpc) is 3.10. The fraction of sp³-hybridized carbons (Fsp3) is 0.389. The highest BCUT2D eigenvalue weighted by molar-refractivity contribution is 5.91. The number of anilines is 1. The van der Waals surface area contributed by atoms with Crippen LogP contribution in [0.25, 0.3) is 11.3 Å². The van der Waals surface area contributed by atoms with E-state index in [2.05, 4.69) is 10.3 Å². The van der Waals surface area contributed by atoms with Crippen molar-refractivity contribution in [1.82, 2.24) is 9.88 Å². The van der Waals surface area contributed by atoms with E-state index in [1.54, 1.807) is 4.90 Å². The maximum absolute atomic E-state index is 12.4. The van der Waals surface area contributed by atoms with Crippen LogP contribution in [-0.4, -0.2) is 34.8 Å². The molecule has 2 heterocycles. The van der Waals surface area contributed by atoms with Gasteiger partial charge in [-0.15, -0.1) is 0 Å². The number of oxazole rings is 1. The van der Waals surface area contributed by atoms with Gasteiger partial charge in [0.15, 0.2) is 0 Å².